The van der Waals surface area contributed by atoms with E-state index in [2.05, 4.69) is 15.2 Å². The molecular weight excluding hydrogens is 374 g/mol. The van der Waals surface area contributed by atoms with Crippen molar-refractivity contribution in [3.63, 3.8) is 0 Å². The molecule has 2 rings (SSSR count). The van der Waals surface area contributed by atoms with Gasteiger partial charge < -0.3 is 19.7 Å². The van der Waals surface area contributed by atoms with E-state index in [1.54, 1.807) is 20.8 Å². The van der Waals surface area contributed by atoms with Gasteiger partial charge in [-0.15, -0.1) is 0 Å². The topological polar surface area (TPSA) is 141 Å². The summed E-state index contributed by atoms with van der Waals surface area (Å²) in [5, 5.41) is 16.9. The number of benzene rings is 1. The molecule has 2 N–H and O–H groups in total. The second-order valence-electron chi connectivity index (χ2n) is 6.89. The fourth-order valence-electron chi connectivity index (χ4n) is 2.42. The van der Waals surface area contributed by atoms with Gasteiger partial charge in [-0.05, 0) is 43.0 Å². The number of nitrogens with one attached hydrogen (secondary N) is 2. The molecule has 0 aliphatic carbocycles. The zero-order valence-electron chi connectivity index (χ0n) is 15.1. The highest BCUT2D eigenvalue weighted by molar-refractivity contribution is 7.92. The van der Waals surface area contributed by atoms with Crippen molar-refractivity contribution in [2.24, 2.45) is 5.41 Å². The van der Waals surface area contributed by atoms with Gasteiger partial charge in [0.1, 0.15) is 5.76 Å². The minimum atomic E-state index is -3.84. The number of aryl methyl sites for hydroxylation is 1. The van der Waals surface area contributed by atoms with Crippen LogP contribution in [0.25, 0.3) is 0 Å². The van der Waals surface area contributed by atoms with Crippen LogP contribution < -0.4 is 15.1 Å². The van der Waals surface area contributed by atoms with Gasteiger partial charge in [-0.2, -0.15) is 0 Å². The Labute approximate surface area is 156 Å². The number of anilines is 2. The molecule has 27 heavy (non-hydrogen) atoms. The molecule has 2 aromatic rings. The quantitative estimate of drug-likeness (QED) is 0.687. The molecule has 0 radical (unpaired) electrons. The van der Waals surface area contributed by atoms with Gasteiger partial charge in [0.15, 0.2) is 5.82 Å². The van der Waals surface area contributed by atoms with Gasteiger partial charge in [0.25, 0.3) is 10.0 Å². The van der Waals surface area contributed by atoms with Gasteiger partial charge in [0.2, 0.25) is 5.91 Å². The van der Waals surface area contributed by atoms with Crippen LogP contribution in [0.2, 0.25) is 0 Å². The third-order valence-electron chi connectivity index (χ3n) is 3.58. The summed E-state index contributed by atoms with van der Waals surface area (Å²) in [5.41, 5.74) is -0.369. The van der Waals surface area contributed by atoms with E-state index >= 15 is 0 Å². The minimum Gasteiger partial charge on any atom is -0.550 e. The number of carbonyl (C=O) groups is 2. The van der Waals surface area contributed by atoms with Crippen molar-refractivity contribution in [2.75, 3.05) is 10.0 Å². The second-order valence-corrected chi connectivity index (χ2v) is 8.57. The smallest absolute Gasteiger partial charge is 0.263 e. The van der Waals surface area contributed by atoms with Gasteiger partial charge >= 0.3 is 0 Å². The summed E-state index contributed by atoms with van der Waals surface area (Å²) in [6, 6.07) is 6.98. The lowest BCUT2D eigenvalue weighted by Crippen LogP contribution is -2.31. The van der Waals surface area contributed by atoms with Crippen LogP contribution in [0, 0.1) is 12.3 Å². The van der Waals surface area contributed by atoms with Crippen LogP contribution in [0.3, 0.4) is 0 Å². The van der Waals surface area contributed by atoms with E-state index in [1.165, 1.54) is 30.3 Å². The van der Waals surface area contributed by atoms with Crippen LogP contribution in [-0.4, -0.2) is 25.5 Å². The van der Waals surface area contributed by atoms with Crippen LogP contribution in [0.15, 0.2) is 39.8 Å². The molecule has 1 amide bonds. The minimum absolute atomic E-state index is 0.0153. The molecule has 0 aliphatic rings. The average Bonchev–Trinajstić information content (AvgIpc) is 2.89. The van der Waals surface area contributed by atoms with Crippen molar-refractivity contribution in [1.29, 1.82) is 0 Å². The molecule has 0 atom stereocenters. The standard InChI is InChI=1S/C17H21N3O6S/c1-11-8-14(19-26-11)20-27(24,25)13-6-4-12(5-7-13)18-15(21)9-17(2,3)10-16(22)23/h4-8H,9-10H2,1-3H3,(H,18,21)(H,19,20)(H,22,23)/p-1. The van der Waals surface area contributed by atoms with E-state index in [0.29, 0.717) is 11.4 Å². The van der Waals surface area contributed by atoms with Crippen LogP contribution in [0.4, 0.5) is 11.5 Å². The number of amides is 1. The Morgan fingerprint density at radius 3 is 2.33 bits per heavy atom. The number of carboxylic acids is 1. The van der Waals surface area contributed by atoms with Crippen molar-refractivity contribution in [3.05, 3.63) is 36.1 Å². The predicted octanol–water partition coefficient (Wildman–Crippen LogP) is 1.28. The van der Waals surface area contributed by atoms with Gasteiger partial charge in [-0.1, -0.05) is 19.0 Å². The average molecular weight is 394 g/mol. The zero-order chi connectivity index (χ0) is 20.2. The van der Waals surface area contributed by atoms with E-state index in [1.807, 2.05) is 0 Å². The first-order valence-electron chi connectivity index (χ1n) is 8.03. The van der Waals surface area contributed by atoms with Crippen LogP contribution in [-0.2, 0) is 19.6 Å². The van der Waals surface area contributed by atoms with E-state index in [4.69, 9.17) is 4.52 Å². The molecular formula is C17H20N3O6S-. The van der Waals surface area contributed by atoms with E-state index < -0.39 is 21.4 Å². The zero-order valence-corrected chi connectivity index (χ0v) is 15.9. The Morgan fingerprint density at radius 2 is 1.81 bits per heavy atom. The number of hydrogen-bond donors (Lipinski definition) is 2. The molecule has 9 nitrogen and oxygen atoms in total. The molecule has 10 heteroatoms. The Morgan fingerprint density at radius 1 is 1.19 bits per heavy atom. The molecule has 0 spiro atoms. The first-order chi connectivity index (χ1) is 12.5. The predicted molar refractivity (Wildman–Crippen MR) is 95.1 cm³/mol. The van der Waals surface area contributed by atoms with Crippen molar-refractivity contribution in [3.8, 4) is 0 Å². The maximum Gasteiger partial charge on any atom is 0.263 e. The van der Waals surface area contributed by atoms with Crippen LogP contribution >= 0.6 is 0 Å². The summed E-state index contributed by atoms with van der Waals surface area (Å²) in [4.78, 5) is 22.7. The summed E-state index contributed by atoms with van der Waals surface area (Å²) < 4.78 is 31.7. The van der Waals surface area contributed by atoms with Gasteiger partial charge in [-0.3, -0.25) is 9.52 Å². The molecule has 0 unspecified atom stereocenters. The number of aliphatic carboxylic acids is 1. The maximum atomic E-state index is 12.3. The summed E-state index contributed by atoms with van der Waals surface area (Å²) in [7, 11) is -3.84. The number of aromatic nitrogens is 1. The van der Waals surface area contributed by atoms with Gasteiger partial charge in [-0.25, -0.2) is 8.42 Å². The van der Waals surface area contributed by atoms with Crippen molar-refractivity contribution < 1.29 is 27.6 Å². The number of carbonyl (C=O) groups excluding carboxylic acids is 2. The normalized spacial score (nSPS) is 11.8. The third-order valence-corrected chi connectivity index (χ3v) is 4.95. The summed E-state index contributed by atoms with van der Waals surface area (Å²) in [6.45, 7) is 4.93. The SMILES string of the molecule is Cc1cc(NS(=O)(=O)c2ccc(NC(=O)CC(C)(C)CC(=O)[O-])cc2)no1. The summed E-state index contributed by atoms with van der Waals surface area (Å²) in [6.07, 6.45) is -0.265. The van der Waals surface area contributed by atoms with Crippen molar-refractivity contribution in [1.82, 2.24) is 5.16 Å². The highest BCUT2D eigenvalue weighted by Crippen LogP contribution is 2.25. The molecule has 0 saturated carbocycles. The first-order valence-corrected chi connectivity index (χ1v) is 9.51. The van der Waals surface area contributed by atoms with Crippen LogP contribution in [0.1, 0.15) is 32.4 Å². The Bertz CT molecular complexity index is 932. The van der Waals surface area contributed by atoms with Crippen molar-refractivity contribution >= 4 is 33.4 Å². The lowest BCUT2D eigenvalue weighted by molar-refractivity contribution is -0.307. The van der Waals surface area contributed by atoms with Crippen molar-refractivity contribution in [2.45, 2.75) is 38.5 Å². The highest BCUT2D eigenvalue weighted by atomic mass is 32.2. The fourth-order valence-corrected chi connectivity index (χ4v) is 3.41. The molecule has 1 aromatic heterocycles. The highest BCUT2D eigenvalue weighted by Gasteiger charge is 2.22. The number of hydrogen-bond acceptors (Lipinski definition) is 7. The summed E-state index contributed by atoms with van der Waals surface area (Å²) >= 11 is 0. The molecule has 0 fully saturated rings. The number of rotatable bonds is 8. The monoisotopic (exact) mass is 394 g/mol. The molecule has 1 heterocycles. The lowest BCUT2D eigenvalue weighted by Gasteiger charge is -2.24. The Hall–Kier alpha value is -2.88. The molecule has 0 bridgehead atoms. The number of sulfonamides is 1. The molecule has 0 saturated heterocycles. The number of carboxylic acid groups (broad SMARTS) is 1. The lowest BCUT2D eigenvalue weighted by atomic mass is 9.85. The maximum absolute atomic E-state index is 12.3. The van der Waals surface area contributed by atoms with E-state index in [9.17, 15) is 23.1 Å². The Kier molecular flexibility index (Phi) is 5.89. The van der Waals surface area contributed by atoms with Crippen LogP contribution in [0.5, 0.6) is 0 Å². The molecule has 0 aliphatic heterocycles. The Balaban J connectivity index is 2.02. The fraction of sp³-hybridized carbons (Fsp3) is 0.353. The van der Waals surface area contributed by atoms with Gasteiger partial charge in [0.05, 0.1) is 4.90 Å². The van der Waals surface area contributed by atoms with E-state index in [-0.39, 0.29) is 29.5 Å². The van der Waals surface area contributed by atoms with E-state index in [0.717, 1.165) is 0 Å². The van der Waals surface area contributed by atoms with Gasteiger partial charge in [0, 0.05) is 24.1 Å². The third kappa shape index (κ3) is 6.10. The molecule has 146 valence electrons. The first kappa shape index (κ1) is 20.4. The molecule has 1 aromatic carbocycles. The largest absolute Gasteiger partial charge is 0.550 e. The second kappa shape index (κ2) is 7.78. The number of nitrogens with zero attached hydrogens (tertiary/aromatic N) is 1. The summed E-state index contributed by atoms with van der Waals surface area (Å²) in [5.74, 6) is -1.07.